The second kappa shape index (κ2) is 6.45. The molecule has 1 amide bonds. The highest BCUT2D eigenvalue weighted by Crippen LogP contribution is 2.34. The number of fused-ring (bicyclic) bond motifs is 1. The van der Waals surface area contributed by atoms with Crippen LogP contribution in [0.5, 0.6) is 11.5 Å². The van der Waals surface area contributed by atoms with E-state index < -0.39 is 11.5 Å². The Balaban J connectivity index is 1.99. The summed E-state index contributed by atoms with van der Waals surface area (Å²) in [5, 5.41) is 3.32. The average Bonchev–Trinajstić information content (AvgIpc) is 2.60. The van der Waals surface area contributed by atoms with Gasteiger partial charge in [0.1, 0.15) is 11.1 Å². The number of ether oxygens (including phenoxy) is 2. The Bertz CT molecular complexity index is 961. The van der Waals surface area contributed by atoms with Gasteiger partial charge in [-0.15, -0.1) is 0 Å². The summed E-state index contributed by atoms with van der Waals surface area (Å²) in [6.45, 7) is 0. The molecule has 3 aromatic rings. The molecule has 1 heterocycles. The number of hydrogen-bond donors (Lipinski definition) is 1. The van der Waals surface area contributed by atoms with E-state index in [1.54, 1.807) is 42.5 Å². The van der Waals surface area contributed by atoms with Crippen molar-refractivity contribution in [3.63, 3.8) is 0 Å². The van der Waals surface area contributed by atoms with Gasteiger partial charge < -0.3 is 19.2 Å². The Labute approximate surface area is 137 Å². The number of rotatable bonds is 4. The Hall–Kier alpha value is -3.28. The first kappa shape index (κ1) is 15.6. The predicted molar refractivity (Wildman–Crippen MR) is 90.0 cm³/mol. The number of methoxy groups -OCH3 is 2. The SMILES string of the molecule is COc1cccc(NC(=O)c2cc3ccccc3oc2=O)c1OC. The fourth-order valence-electron chi connectivity index (χ4n) is 2.40. The van der Waals surface area contributed by atoms with E-state index in [0.29, 0.717) is 28.2 Å². The second-order valence-corrected chi connectivity index (χ2v) is 4.98. The third-order valence-corrected chi connectivity index (χ3v) is 3.54. The molecule has 0 aliphatic rings. The molecule has 122 valence electrons. The van der Waals surface area contributed by atoms with Gasteiger partial charge in [-0.3, -0.25) is 4.79 Å². The van der Waals surface area contributed by atoms with Gasteiger partial charge in [-0.2, -0.15) is 0 Å². The Morgan fingerprint density at radius 1 is 1.04 bits per heavy atom. The summed E-state index contributed by atoms with van der Waals surface area (Å²) >= 11 is 0. The van der Waals surface area contributed by atoms with Crippen LogP contribution < -0.4 is 20.4 Å². The number of hydrogen-bond acceptors (Lipinski definition) is 5. The molecule has 0 saturated heterocycles. The van der Waals surface area contributed by atoms with E-state index in [1.807, 2.05) is 0 Å². The van der Waals surface area contributed by atoms with E-state index in [2.05, 4.69) is 5.32 Å². The Morgan fingerprint density at radius 2 is 1.83 bits per heavy atom. The molecule has 1 N–H and O–H groups in total. The maximum Gasteiger partial charge on any atom is 0.349 e. The molecule has 0 spiro atoms. The van der Waals surface area contributed by atoms with E-state index in [1.165, 1.54) is 20.3 Å². The van der Waals surface area contributed by atoms with E-state index in [9.17, 15) is 9.59 Å². The van der Waals surface area contributed by atoms with Crippen LogP contribution in [0.25, 0.3) is 11.0 Å². The number of carbonyl (C=O) groups excluding carboxylic acids is 1. The van der Waals surface area contributed by atoms with Gasteiger partial charge in [0.2, 0.25) is 0 Å². The lowest BCUT2D eigenvalue weighted by atomic mass is 10.1. The molecule has 0 saturated carbocycles. The average molecular weight is 325 g/mol. The van der Waals surface area contributed by atoms with Crippen molar-refractivity contribution in [1.82, 2.24) is 0 Å². The lowest BCUT2D eigenvalue weighted by Gasteiger charge is -2.13. The third-order valence-electron chi connectivity index (χ3n) is 3.54. The van der Waals surface area contributed by atoms with E-state index in [-0.39, 0.29) is 5.56 Å². The smallest absolute Gasteiger partial charge is 0.349 e. The summed E-state index contributed by atoms with van der Waals surface area (Å²) in [4.78, 5) is 24.5. The molecule has 0 fully saturated rings. The van der Waals surface area contributed by atoms with Crippen molar-refractivity contribution in [2.75, 3.05) is 19.5 Å². The van der Waals surface area contributed by atoms with Gasteiger partial charge in [0.05, 0.1) is 19.9 Å². The number of para-hydroxylation sites is 2. The first-order chi connectivity index (χ1) is 11.6. The molecule has 0 bridgehead atoms. The highest BCUT2D eigenvalue weighted by molar-refractivity contribution is 6.06. The summed E-state index contributed by atoms with van der Waals surface area (Å²) in [5.41, 5.74) is 0.0408. The molecule has 6 nitrogen and oxygen atoms in total. The minimum absolute atomic E-state index is 0.0847. The largest absolute Gasteiger partial charge is 0.493 e. The van der Waals surface area contributed by atoms with Crippen LogP contribution in [0.2, 0.25) is 0 Å². The zero-order valence-electron chi connectivity index (χ0n) is 13.2. The van der Waals surface area contributed by atoms with Gasteiger partial charge in [-0.25, -0.2) is 4.79 Å². The van der Waals surface area contributed by atoms with E-state index in [0.717, 1.165) is 0 Å². The van der Waals surface area contributed by atoms with Gasteiger partial charge in [-0.05, 0) is 24.3 Å². The number of carbonyl (C=O) groups is 1. The number of nitrogens with one attached hydrogen (secondary N) is 1. The van der Waals surface area contributed by atoms with Crippen LogP contribution in [-0.2, 0) is 0 Å². The summed E-state index contributed by atoms with van der Waals surface area (Å²) < 4.78 is 15.6. The van der Waals surface area contributed by atoms with Crippen molar-refractivity contribution in [3.05, 3.63) is 64.5 Å². The molecule has 2 aromatic carbocycles. The van der Waals surface area contributed by atoms with Crippen molar-refractivity contribution in [2.24, 2.45) is 0 Å². The first-order valence-corrected chi connectivity index (χ1v) is 7.19. The normalized spacial score (nSPS) is 10.4. The van der Waals surface area contributed by atoms with Gasteiger partial charge in [0, 0.05) is 5.39 Å². The monoisotopic (exact) mass is 325 g/mol. The molecule has 1 aromatic heterocycles. The molecule has 0 unspecified atom stereocenters. The van der Waals surface area contributed by atoms with E-state index in [4.69, 9.17) is 13.9 Å². The molecule has 0 atom stereocenters. The maximum absolute atomic E-state index is 12.5. The van der Waals surface area contributed by atoms with Crippen LogP contribution in [0.3, 0.4) is 0 Å². The lowest BCUT2D eigenvalue weighted by Crippen LogP contribution is -2.21. The highest BCUT2D eigenvalue weighted by Gasteiger charge is 2.17. The molecule has 6 heteroatoms. The highest BCUT2D eigenvalue weighted by atomic mass is 16.5. The zero-order valence-corrected chi connectivity index (χ0v) is 13.2. The topological polar surface area (TPSA) is 77.8 Å². The summed E-state index contributed by atoms with van der Waals surface area (Å²) in [5.74, 6) is 0.264. The Kier molecular flexibility index (Phi) is 4.20. The van der Waals surface area contributed by atoms with Crippen LogP contribution >= 0.6 is 0 Å². The fourth-order valence-corrected chi connectivity index (χ4v) is 2.40. The number of amides is 1. The van der Waals surface area contributed by atoms with Crippen LogP contribution in [0.4, 0.5) is 5.69 Å². The third kappa shape index (κ3) is 2.81. The summed E-state index contributed by atoms with van der Waals surface area (Å²) in [6.07, 6.45) is 0. The minimum Gasteiger partial charge on any atom is -0.493 e. The van der Waals surface area contributed by atoms with Gasteiger partial charge in [0.15, 0.2) is 11.5 Å². The molecule has 24 heavy (non-hydrogen) atoms. The Morgan fingerprint density at radius 3 is 2.58 bits per heavy atom. The van der Waals surface area contributed by atoms with E-state index >= 15 is 0 Å². The molecule has 0 aliphatic heterocycles. The molecule has 3 rings (SSSR count). The predicted octanol–water partition coefficient (Wildman–Crippen LogP) is 3.06. The molecule has 0 radical (unpaired) electrons. The van der Waals surface area contributed by atoms with Crippen molar-refractivity contribution in [2.45, 2.75) is 0 Å². The van der Waals surface area contributed by atoms with Crippen LogP contribution in [0, 0.1) is 0 Å². The summed E-state index contributed by atoms with van der Waals surface area (Å²) in [7, 11) is 2.97. The van der Waals surface area contributed by atoms with Gasteiger partial charge >= 0.3 is 5.63 Å². The van der Waals surface area contributed by atoms with Crippen molar-refractivity contribution < 1.29 is 18.7 Å². The van der Waals surface area contributed by atoms with Crippen molar-refractivity contribution in [3.8, 4) is 11.5 Å². The molecular weight excluding hydrogens is 310 g/mol. The summed E-state index contributed by atoms with van der Waals surface area (Å²) in [6, 6.07) is 13.6. The number of anilines is 1. The van der Waals surface area contributed by atoms with Crippen molar-refractivity contribution >= 4 is 22.6 Å². The lowest BCUT2D eigenvalue weighted by molar-refractivity contribution is 0.102. The first-order valence-electron chi connectivity index (χ1n) is 7.19. The molecular formula is C18H15NO5. The van der Waals surface area contributed by atoms with Crippen LogP contribution in [-0.4, -0.2) is 20.1 Å². The molecule has 0 aliphatic carbocycles. The van der Waals surface area contributed by atoms with Crippen molar-refractivity contribution in [1.29, 1.82) is 0 Å². The standard InChI is InChI=1S/C18H15NO5/c1-22-15-9-5-7-13(16(15)23-2)19-17(20)12-10-11-6-3-4-8-14(11)24-18(12)21/h3-10H,1-2H3,(H,19,20). The van der Waals surface area contributed by atoms with Crippen LogP contribution in [0.15, 0.2) is 57.7 Å². The zero-order chi connectivity index (χ0) is 17.1. The van der Waals surface area contributed by atoms with Gasteiger partial charge in [0.25, 0.3) is 5.91 Å². The maximum atomic E-state index is 12.5. The minimum atomic E-state index is -0.701. The van der Waals surface area contributed by atoms with Gasteiger partial charge in [-0.1, -0.05) is 24.3 Å². The fraction of sp³-hybridized carbons (Fsp3) is 0.111. The van der Waals surface area contributed by atoms with Crippen LogP contribution in [0.1, 0.15) is 10.4 Å². The quantitative estimate of drug-likeness (QED) is 0.746. The number of benzene rings is 2. The second-order valence-electron chi connectivity index (χ2n) is 4.98.